The number of nitrogens with zero attached hydrogens (tertiary/aromatic N) is 2. The molecule has 4 rings (SSSR count). The van der Waals surface area contributed by atoms with Crippen molar-refractivity contribution in [2.45, 2.75) is 52.0 Å². The highest BCUT2D eigenvalue weighted by molar-refractivity contribution is 5.93. The van der Waals surface area contributed by atoms with E-state index in [0.29, 0.717) is 5.69 Å². The fourth-order valence-electron chi connectivity index (χ4n) is 4.13. The van der Waals surface area contributed by atoms with E-state index in [-0.39, 0.29) is 11.9 Å². The quantitative estimate of drug-likeness (QED) is 0.294. The number of hydrogen-bond acceptors (Lipinski definition) is 2. The Morgan fingerprint density at radius 2 is 1.53 bits per heavy atom. The minimum atomic E-state index is -0.107. The first-order valence-electron chi connectivity index (χ1n) is 12.2. The van der Waals surface area contributed by atoms with Crippen molar-refractivity contribution in [3.63, 3.8) is 0 Å². The van der Waals surface area contributed by atoms with Crippen LogP contribution < -0.4 is 5.32 Å². The molecule has 1 aromatic heterocycles. The lowest BCUT2D eigenvalue weighted by atomic mass is 10.0. The highest BCUT2D eigenvalue weighted by Gasteiger charge is 2.15. The molecule has 1 N–H and O–H groups in total. The Bertz CT molecular complexity index is 1180. The molecule has 1 heterocycles. The van der Waals surface area contributed by atoms with E-state index in [1.807, 2.05) is 41.8 Å². The predicted octanol–water partition coefficient (Wildman–Crippen LogP) is 6.63. The molecule has 4 aromatic rings. The summed E-state index contributed by atoms with van der Waals surface area (Å²) in [5, 5.41) is 3.12. The smallest absolute Gasteiger partial charge is 0.270 e. The molecule has 0 aliphatic rings. The highest BCUT2D eigenvalue weighted by Crippen LogP contribution is 2.23. The van der Waals surface area contributed by atoms with Gasteiger partial charge in [0.15, 0.2) is 0 Å². The van der Waals surface area contributed by atoms with E-state index in [0.717, 1.165) is 30.5 Å². The van der Waals surface area contributed by atoms with Crippen molar-refractivity contribution < 1.29 is 4.79 Å². The molecule has 0 saturated carbocycles. The van der Waals surface area contributed by atoms with Crippen LogP contribution in [0, 0.1) is 0 Å². The van der Waals surface area contributed by atoms with Gasteiger partial charge in [0.1, 0.15) is 5.69 Å². The maximum atomic E-state index is 12.9. The highest BCUT2D eigenvalue weighted by atomic mass is 16.2. The van der Waals surface area contributed by atoms with E-state index in [9.17, 15) is 4.79 Å². The molecule has 0 fully saturated rings. The van der Waals surface area contributed by atoms with Crippen LogP contribution >= 0.6 is 0 Å². The van der Waals surface area contributed by atoms with Gasteiger partial charge in [-0.1, -0.05) is 80.1 Å². The second kappa shape index (κ2) is 11.5. The van der Waals surface area contributed by atoms with Crippen LogP contribution in [-0.4, -0.2) is 21.5 Å². The zero-order chi connectivity index (χ0) is 23.8. The third kappa shape index (κ3) is 6.02. The molecule has 174 valence electrons. The molecule has 1 amide bonds. The minimum Gasteiger partial charge on any atom is -0.348 e. The van der Waals surface area contributed by atoms with Crippen LogP contribution in [0.4, 0.5) is 0 Å². The summed E-state index contributed by atoms with van der Waals surface area (Å²) in [6.45, 7) is 4.27. The van der Waals surface area contributed by atoms with Crippen molar-refractivity contribution >= 4 is 5.91 Å². The molecular weight excluding hydrogens is 418 g/mol. The summed E-state index contributed by atoms with van der Waals surface area (Å²) in [5.74, 6) is -0.107. The van der Waals surface area contributed by atoms with Gasteiger partial charge in [-0.15, -0.1) is 0 Å². The average molecular weight is 452 g/mol. The number of nitrogens with one attached hydrogen (secondary N) is 1. The van der Waals surface area contributed by atoms with Crippen molar-refractivity contribution in [2.24, 2.45) is 0 Å². The largest absolute Gasteiger partial charge is 0.348 e. The van der Waals surface area contributed by atoms with Crippen molar-refractivity contribution in [1.82, 2.24) is 14.9 Å². The number of hydrogen-bond donors (Lipinski definition) is 1. The second-order valence-corrected chi connectivity index (χ2v) is 8.90. The number of amides is 1. The maximum absolute atomic E-state index is 12.9. The van der Waals surface area contributed by atoms with Crippen molar-refractivity contribution in [3.05, 3.63) is 108 Å². The fourth-order valence-corrected chi connectivity index (χ4v) is 4.13. The molecule has 34 heavy (non-hydrogen) atoms. The molecule has 0 saturated heterocycles. The Kier molecular flexibility index (Phi) is 7.92. The van der Waals surface area contributed by atoms with Crippen molar-refractivity contribution in [2.75, 3.05) is 0 Å². The van der Waals surface area contributed by atoms with Crippen molar-refractivity contribution in [3.8, 4) is 16.8 Å². The monoisotopic (exact) mass is 451 g/mol. The molecule has 0 aliphatic heterocycles. The Morgan fingerprint density at radius 1 is 0.882 bits per heavy atom. The second-order valence-electron chi connectivity index (χ2n) is 8.90. The lowest BCUT2D eigenvalue weighted by Crippen LogP contribution is -2.34. The average Bonchev–Trinajstić information content (AvgIpc) is 3.38. The molecule has 0 unspecified atom stereocenters. The van der Waals surface area contributed by atoms with E-state index in [1.165, 1.54) is 29.5 Å². The maximum Gasteiger partial charge on any atom is 0.270 e. The third-order valence-electron chi connectivity index (χ3n) is 6.21. The van der Waals surface area contributed by atoms with Crippen LogP contribution in [0.2, 0.25) is 0 Å². The molecule has 0 aliphatic carbocycles. The molecule has 0 bridgehead atoms. The lowest BCUT2D eigenvalue weighted by molar-refractivity contribution is 0.0931. The molecular formula is C30H33N3O. The predicted molar refractivity (Wildman–Crippen MR) is 139 cm³/mol. The summed E-state index contributed by atoms with van der Waals surface area (Å²) in [4.78, 5) is 17.2. The van der Waals surface area contributed by atoms with E-state index < -0.39 is 0 Å². The van der Waals surface area contributed by atoms with E-state index in [2.05, 4.69) is 65.8 Å². The van der Waals surface area contributed by atoms with Crippen LogP contribution in [0.15, 0.2) is 91.4 Å². The van der Waals surface area contributed by atoms with Gasteiger partial charge in [-0.3, -0.25) is 9.36 Å². The first-order valence-corrected chi connectivity index (χ1v) is 12.2. The van der Waals surface area contributed by atoms with Gasteiger partial charge in [0.2, 0.25) is 0 Å². The number of carbonyl (C=O) groups excluding carboxylic acids is 1. The Hall–Kier alpha value is -3.66. The summed E-state index contributed by atoms with van der Waals surface area (Å²) in [5.41, 5.74) is 6.48. The normalized spacial score (nSPS) is 11.8. The Labute approximate surface area is 202 Å². The molecule has 1 atom stereocenters. The van der Waals surface area contributed by atoms with Gasteiger partial charge in [0.05, 0.1) is 12.5 Å². The van der Waals surface area contributed by atoms with Crippen LogP contribution in [0.1, 0.15) is 54.7 Å². The summed E-state index contributed by atoms with van der Waals surface area (Å²) in [6, 6.07) is 27.5. The first kappa shape index (κ1) is 23.5. The number of rotatable bonds is 10. The zero-order valence-corrected chi connectivity index (χ0v) is 20.1. The molecule has 4 nitrogen and oxygen atoms in total. The molecule has 3 aromatic carbocycles. The number of unbranched alkanes of at least 4 members (excludes halogenated alkanes) is 1. The number of imidazole rings is 1. The van der Waals surface area contributed by atoms with Crippen LogP contribution in [0.5, 0.6) is 0 Å². The molecule has 4 heteroatoms. The van der Waals surface area contributed by atoms with Crippen LogP contribution in [0.3, 0.4) is 0 Å². The molecule has 0 spiro atoms. The van der Waals surface area contributed by atoms with Crippen LogP contribution in [0.25, 0.3) is 16.8 Å². The van der Waals surface area contributed by atoms with E-state index in [4.69, 9.17) is 0 Å². The first-order chi connectivity index (χ1) is 16.6. The lowest BCUT2D eigenvalue weighted by Gasteiger charge is -2.15. The minimum absolute atomic E-state index is 0.0683. The van der Waals surface area contributed by atoms with Gasteiger partial charge in [0, 0.05) is 11.7 Å². The molecule has 0 radical (unpaired) electrons. The van der Waals surface area contributed by atoms with E-state index >= 15 is 0 Å². The Morgan fingerprint density at radius 3 is 2.21 bits per heavy atom. The number of carbonyl (C=O) groups is 1. The van der Waals surface area contributed by atoms with Gasteiger partial charge >= 0.3 is 0 Å². The fraction of sp³-hybridized carbons (Fsp3) is 0.267. The summed E-state index contributed by atoms with van der Waals surface area (Å²) < 4.78 is 1.84. The van der Waals surface area contributed by atoms with E-state index in [1.54, 1.807) is 12.5 Å². The number of aromatic nitrogens is 2. The Balaban J connectivity index is 1.40. The zero-order valence-electron chi connectivity index (χ0n) is 20.1. The number of benzene rings is 3. The van der Waals surface area contributed by atoms with Gasteiger partial charge in [-0.05, 0) is 67.0 Å². The third-order valence-corrected chi connectivity index (χ3v) is 6.21. The van der Waals surface area contributed by atoms with Gasteiger partial charge in [0.25, 0.3) is 5.91 Å². The van der Waals surface area contributed by atoms with Gasteiger partial charge < -0.3 is 5.32 Å². The topological polar surface area (TPSA) is 46.9 Å². The van der Waals surface area contributed by atoms with Crippen molar-refractivity contribution in [1.29, 1.82) is 0 Å². The standard InChI is InChI=1S/C30H33N3O/c1-3-4-8-25-13-15-26(16-14-25)27-17-19-28(20-18-27)33-22-31-21-29(33)30(34)32-23(2)11-12-24-9-6-5-7-10-24/h5-7,9-10,13-23H,3-4,8,11-12H2,1-2H3,(H,32,34)/t23-/m1/s1. The summed E-state index contributed by atoms with van der Waals surface area (Å²) in [6.07, 6.45) is 8.71. The summed E-state index contributed by atoms with van der Waals surface area (Å²) in [7, 11) is 0. The van der Waals surface area contributed by atoms with Gasteiger partial charge in [-0.25, -0.2) is 4.98 Å². The number of aryl methyl sites for hydroxylation is 2. The SMILES string of the molecule is CCCCc1ccc(-c2ccc(-n3cncc3C(=O)N[C@H](C)CCc3ccccc3)cc2)cc1. The van der Waals surface area contributed by atoms with Gasteiger partial charge in [-0.2, -0.15) is 0 Å². The van der Waals surface area contributed by atoms with Crippen LogP contribution in [-0.2, 0) is 12.8 Å². The summed E-state index contributed by atoms with van der Waals surface area (Å²) >= 11 is 0.